The van der Waals surface area contributed by atoms with Crippen LogP contribution in [0.5, 0.6) is 0 Å². The minimum atomic E-state index is -0.475. The number of esters is 1. The summed E-state index contributed by atoms with van der Waals surface area (Å²) in [5, 5.41) is 0. The van der Waals surface area contributed by atoms with Gasteiger partial charge in [0.2, 0.25) is 0 Å². The van der Waals surface area contributed by atoms with Crippen LogP contribution in [0, 0.1) is 5.92 Å². The first-order chi connectivity index (χ1) is 6.84. The molecule has 15 heavy (non-hydrogen) atoms. The van der Waals surface area contributed by atoms with Crippen molar-refractivity contribution in [2.75, 3.05) is 0 Å². The Balaban J connectivity index is 3.85. The summed E-state index contributed by atoms with van der Waals surface area (Å²) in [5.74, 6) is -0.307. The molecule has 0 aliphatic rings. The third-order valence-corrected chi connectivity index (χ3v) is 2.03. The first-order valence-electron chi connectivity index (χ1n) is 5.32. The maximum absolute atomic E-state index is 11.4. The number of hydrogen-bond donors (Lipinski definition) is 1. The molecule has 1 atom stereocenters. The van der Waals surface area contributed by atoms with E-state index in [1.165, 1.54) is 0 Å². The maximum atomic E-state index is 11.4. The van der Waals surface area contributed by atoms with E-state index < -0.39 is 6.04 Å². The molecule has 0 heterocycles. The van der Waals surface area contributed by atoms with Crippen molar-refractivity contribution in [3.8, 4) is 0 Å². The lowest BCUT2D eigenvalue weighted by Crippen LogP contribution is -2.35. The average molecular weight is 215 g/mol. The van der Waals surface area contributed by atoms with Gasteiger partial charge in [-0.15, -0.1) is 0 Å². The molecule has 4 nitrogen and oxygen atoms in total. The van der Waals surface area contributed by atoms with Crippen LogP contribution in [0.1, 0.15) is 40.5 Å². The van der Waals surface area contributed by atoms with Crippen molar-refractivity contribution in [1.29, 1.82) is 0 Å². The number of carbonyl (C=O) groups excluding carboxylic acids is 2. The molecule has 0 rings (SSSR count). The topological polar surface area (TPSA) is 69.4 Å². The van der Waals surface area contributed by atoms with Gasteiger partial charge < -0.3 is 10.5 Å². The highest BCUT2D eigenvalue weighted by Crippen LogP contribution is 2.05. The van der Waals surface area contributed by atoms with E-state index in [-0.39, 0.29) is 36.6 Å². The van der Waals surface area contributed by atoms with E-state index in [9.17, 15) is 9.59 Å². The summed E-state index contributed by atoms with van der Waals surface area (Å²) in [7, 11) is 0. The van der Waals surface area contributed by atoms with E-state index in [0.717, 1.165) is 0 Å². The van der Waals surface area contributed by atoms with E-state index in [0.29, 0.717) is 0 Å². The molecule has 0 bridgehead atoms. The van der Waals surface area contributed by atoms with Crippen LogP contribution in [0.2, 0.25) is 0 Å². The van der Waals surface area contributed by atoms with Crippen LogP contribution in [0.4, 0.5) is 0 Å². The zero-order valence-electron chi connectivity index (χ0n) is 9.95. The summed E-state index contributed by atoms with van der Waals surface area (Å²) in [5.41, 5.74) is 5.65. The molecule has 0 aromatic rings. The van der Waals surface area contributed by atoms with Gasteiger partial charge in [-0.1, -0.05) is 13.8 Å². The lowest BCUT2D eigenvalue weighted by atomic mass is 9.98. The number of carbonyl (C=O) groups is 2. The van der Waals surface area contributed by atoms with E-state index in [1.807, 2.05) is 13.8 Å². The second-order valence-electron chi connectivity index (χ2n) is 4.27. The number of rotatable bonds is 6. The van der Waals surface area contributed by atoms with E-state index in [2.05, 4.69) is 0 Å². The predicted molar refractivity (Wildman–Crippen MR) is 58.3 cm³/mol. The van der Waals surface area contributed by atoms with Gasteiger partial charge in [-0.3, -0.25) is 9.59 Å². The predicted octanol–water partition coefficient (Wildman–Crippen LogP) is 1.27. The van der Waals surface area contributed by atoms with Gasteiger partial charge >= 0.3 is 5.97 Å². The molecule has 0 spiro atoms. The highest BCUT2D eigenvalue weighted by atomic mass is 16.5. The monoisotopic (exact) mass is 215 g/mol. The number of ether oxygens (including phenoxy) is 1. The highest BCUT2D eigenvalue weighted by molar-refractivity contribution is 5.87. The Labute approximate surface area is 91.2 Å². The molecule has 0 aliphatic heterocycles. The van der Waals surface area contributed by atoms with Crippen molar-refractivity contribution in [3.05, 3.63) is 0 Å². The molecule has 0 aromatic heterocycles. The summed E-state index contributed by atoms with van der Waals surface area (Å²) in [6.07, 6.45) is 0.161. The van der Waals surface area contributed by atoms with Crippen LogP contribution in [0.15, 0.2) is 0 Å². The Bertz CT molecular complexity index is 224. The summed E-state index contributed by atoms with van der Waals surface area (Å²) >= 11 is 0. The van der Waals surface area contributed by atoms with Gasteiger partial charge in [-0.05, 0) is 19.8 Å². The second-order valence-corrected chi connectivity index (χ2v) is 4.27. The van der Waals surface area contributed by atoms with Gasteiger partial charge in [0.25, 0.3) is 0 Å². The number of hydrogen-bond acceptors (Lipinski definition) is 4. The second kappa shape index (κ2) is 6.56. The SMILES string of the molecule is CC(C)OC(=O)CCC(=O)[C@@H](N)C(C)C. The van der Waals surface area contributed by atoms with Crippen LogP contribution in [0.25, 0.3) is 0 Å². The smallest absolute Gasteiger partial charge is 0.306 e. The van der Waals surface area contributed by atoms with Crippen LogP contribution in [0.3, 0.4) is 0 Å². The molecule has 2 N–H and O–H groups in total. The standard InChI is InChI=1S/C11H21NO3/c1-7(2)11(12)9(13)5-6-10(14)15-8(3)4/h7-8,11H,5-6,12H2,1-4H3/t11-/m0/s1. The van der Waals surface area contributed by atoms with Crippen LogP contribution < -0.4 is 5.73 Å². The van der Waals surface area contributed by atoms with E-state index in [1.54, 1.807) is 13.8 Å². The van der Waals surface area contributed by atoms with Crippen molar-refractivity contribution >= 4 is 11.8 Å². The summed E-state index contributed by atoms with van der Waals surface area (Å²) in [6, 6.07) is -0.475. The summed E-state index contributed by atoms with van der Waals surface area (Å²) in [6.45, 7) is 7.32. The zero-order chi connectivity index (χ0) is 12.0. The molecule has 0 unspecified atom stereocenters. The molecule has 0 fully saturated rings. The van der Waals surface area contributed by atoms with Crippen molar-refractivity contribution < 1.29 is 14.3 Å². The fourth-order valence-electron chi connectivity index (χ4n) is 1.09. The van der Waals surface area contributed by atoms with Crippen molar-refractivity contribution in [2.45, 2.75) is 52.7 Å². The van der Waals surface area contributed by atoms with Crippen molar-refractivity contribution in [2.24, 2.45) is 11.7 Å². The minimum Gasteiger partial charge on any atom is -0.463 e. The van der Waals surface area contributed by atoms with Gasteiger partial charge in [0, 0.05) is 6.42 Å². The fraction of sp³-hybridized carbons (Fsp3) is 0.818. The van der Waals surface area contributed by atoms with Crippen LogP contribution >= 0.6 is 0 Å². The zero-order valence-corrected chi connectivity index (χ0v) is 9.95. The molecular formula is C11H21NO3. The Morgan fingerprint density at radius 2 is 1.67 bits per heavy atom. The largest absolute Gasteiger partial charge is 0.463 e. The minimum absolute atomic E-state index is 0.0780. The molecule has 0 amide bonds. The summed E-state index contributed by atoms with van der Waals surface area (Å²) < 4.78 is 4.91. The normalized spacial score (nSPS) is 13.0. The molecule has 4 heteroatoms. The molecule has 88 valence electrons. The summed E-state index contributed by atoms with van der Waals surface area (Å²) in [4.78, 5) is 22.6. The maximum Gasteiger partial charge on any atom is 0.306 e. The number of nitrogens with two attached hydrogens (primary N) is 1. The van der Waals surface area contributed by atoms with Crippen molar-refractivity contribution in [3.63, 3.8) is 0 Å². The van der Waals surface area contributed by atoms with Gasteiger partial charge in [-0.2, -0.15) is 0 Å². The third-order valence-electron chi connectivity index (χ3n) is 2.03. The average Bonchev–Trinajstić information content (AvgIpc) is 2.11. The Morgan fingerprint density at radius 1 is 1.13 bits per heavy atom. The Hall–Kier alpha value is -0.900. The van der Waals surface area contributed by atoms with Crippen molar-refractivity contribution in [1.82, 2.24) is 0 Å². The molecule has 0 radical (unpaired) electrons. The molecule has 0 saturated heterocycles. The quantitative estimate of drug-likeness (QED) is 0.677. The molecule has 0 saturated carbocycles. The first-order valence-corrected chi connectivity index (χ1v) is 5.32. The van der Waals surface area contributed by atoms with Gasteiger partial charge in [-0.25, -0.2) is 0 Å². The first kappa shape index (κ1) is 14.1. The van der Waals surface area contributed by atoms with Crippen LogP contribution in [-0.4, -0.2) is 23.9 Å². The number of ketones is 1. The van der Waals surface area contributed by atoms with Gasteiger partial charge in [0.15, 0.2) is 0 Å². The Kier molecular flexibility index (Phi) is 6.17. The van der Waals surface area contributed by atoms with Gasteiger partial charge in [0.05, 0.1) is 18.6 Å². The lowest BCUT2D eigenvalue weighted by molar-refractivity contribution is -0.148. The number of Topliss-reactive ketones (excluding diaryl/α,β-unsaturated/α-hetero) is 1. The highest BCUT2D eigenvalue weighted by Gasteiger charge is 2.18. The molecular weight excluding hydrogens is 194 g/mol. The van der Waals surface area contributed by atoms with Crippen LogP contribution in [-0.2, 0) is 14.3 Å². The lowest BCUT2D eigenvalue weighted by Gasteiger charge is -2.14. The fourth-order valence-corrected chi connectivity index (χ4v) is 1.09. The molecule has 0 aliphatic carbocycles. The third kappa shape index (κ3) is 6.23. The molecule has 0 aromatic carbocycles. The van der Waals surface area contributed by atoms with E-state index >= 15 is 0 Å². The van der Waals surface area contributed by atoms with Gasteiger partial charge in [0.1, 0.15) is 5.78 Å². The Morgan fingerprint density at radius 3 is 2.07 bits per heavy atom. The van der Waals surface area contributed by atoms with E-state index in [4.69, 9.17) is 10.5 Å².